The van der Waals surface area contributed by atoms with Crippen molar-refractivity contribution in [3.05, 3.63) is 71.0 Å². The number of fused-ring (bicyclic) bond motifs is 2. The lowest BCUT2D eigenvalue weighted by Crippen LogP contribution is -2.54. The van der Waals surface area contributed by atoms with Gasteiger partial charge in [0.2, 0.25) is 11.8 Å². The summed E-state index contributed by atoms with van der Waals surface area (Å²) < 4.78 is 0. The number of benzene rings is 2. The van der Waals surface area contributed by atoms with Crippen LogP contribution in [0.15, 0.2) is 48.7 Å². The van der Waals surface area contributed by atoms with Crippen LogP contribution in [0.1, 0.15) is 82.6 Å². The summed E-state index contributed by atoms with van der Waals surface area (Å²) in [6.07, 6.45) is 4.67. The van der Waals surface area contributed by atoms with E-state index in [1.54, 1.807) is 23.2 Å². The molecule has 61 heavy (non-hydrogen) atoms. The lowest BCUT2D eigenvalue weighted by molar-refractivity contribution is -0.136. The third-order valence-electron chi connectivity index (χ3n) is 14.3. The maximum atomic E-state index is 13.4. The third-order valence-corrected chi connectivity index (χ3v) is 14.3. The zero-order valence-corrected chi connectivity index (χ0v) is 34.4. The zero-order valence-electron chi connectivity index (χ0n) is 34.4. The summed E-state index contributed by atoms with van der Waals surface area (Å²) in [6.45, 7) is 7.99. The van der Waals surface area contributed by atoms with Crippen molar-refractivity contribution in [2.24, 2.45) is 23.5 Å². The number of aliphatic hydroxyl groups excluding tert-OH is 1. The summed E-state index contributed by atoms with van der Waals surface area (Å²) in [6, 6.07) is 13.1. The van der Waals surface area contributed by atoms with Gasteiger partial charge >= 0.3 is 6.03 Å². The number of rotatable bonds is 10. The van der Waals surface area contributed by atoms with Crippen LogP contribution in [0.5, 0.6) is 0 Å². The Hall–Kier alpha value is -5.65. The van der Waals surface area contributed by atoms with Crippen LogP contribution in [-0.2, 0) is 9.59 Å². The minimum Gasteiger partial charge on any atom is -0.373 e. The Labute approximate surface area is 354 Å². The number of carbonyl (C=O) groups excluding carboxylic acids is 5. The summed E-state index contributed by atoms with van der Waals surface area (Å²) >= 11 is 0. The molecule has 320 valence electrons. The topological polar surface area (TPSA) is 201 Å². The molecule has 5 saturated heterocycles. The van der Waals surface area contributed by atoms with E-state index in [1.165, 1.54) is 5.56 Å². The first-order valence-electron chi connectivity index (χ1n) is 21.8. The second-order valence-corrected chi connectivity index (χ2v) is 17.9. The highest BCUT2D eigenvalue weighted by atomic mass is 16.3. The third kappa shape index (κ3) is 7.35. The fourth-order valence-electron chi connectivity index (χ4n) is 10.8. The first-order valence-corrected chi connectivity index (χ1v) is 21.8. The number of hydrogen-bond acceptors (Lipinski definition) is 13. The predicted molar refractivity (Wildman–Crippen MR) is 225 cm³/mol. The van der Waals surface area contributed by atoms with Crippen LogP contribution in [0.25, 0.3) is 0 Å². The van der Waals surface area contributed by atoms with Crippen molar-refractivity contribution in [3.63, 3.8) is 0 Å². The number of urea groups is 1. The van der Waals surface area contributed by atoms with Gasteiger partial charge in [-0.15, -0.1) is 0 Å². The lowest BCUT2D eigenvalue weighted by Gasteiger charge is -2.38. The highest BCUT2D eigenvalue weighted by Crippen LogP contribution is 2.53. The summed E-state index contributed by atoms with van der Waals surface area (Å²) in [5.74, 6) is 1.50. The largest absolute Gasteiger partial charge is 0.373 e. The van der Waals surface area contributed by atoms with Crippen molar-refractivity contribution in [2.45, 2.75) is 62.8 Å². The minimum absolute atomic E-state index is 0.0744. The molecule has 1 saturated carbocycles. The maximum absolute atomic E-state index is 13.4. The molecule has 0 spiro atoms. The minimum atomic E-state index is -1.29. The van der Waals surface area contributed by atoms with Crippen molar-refractivity contribution in [3.8, 4) is 0 Å². The Morgan fingerprint density at radius 1 is 0.869 bits per heavy atom. The van der Waals surface area contributed by atoms with Crippen molar-refractivity contribution in [2.75, 3.05) is 81.1 Å². The fourth-order valence-corrected chi connectivity index (χ4v) is 10.8. The number of nitrogens with zero attached hydrogens (tertiary/aromatic N) is 8. The molecular weight excluding hydrogens is 779 g/mol. The van der Waals surface area contributed by atoms with E-state index in [9.17, 15) is 29.1 Å². The van der Waals surface area contributed by atoms with Gasteiger partial charge in [-0.05, 0) is 105 Å². The second kappa shape index (κ2) is 15.7. The molecule has 6 fully saturated rings. The number of likely N-dealkylation sites (tertiary alicyclic amines) is 1. The van der Waals surface area contributed by atoms with Crippen LogP contribution in [0.3, 0.4) is 0 Å². The van der Waals surface area contributed by atoms with E-state index in [-0.39, 0.29) is 36.5 Å². The number of imide groups is 2. The molecule has 0 bridgehead atoms. The molecule has 3 aromatic rings. The molecule has 7 aliphatic rings. The fraction of sp³-hybridized carbons (Fsp3) is 0.523. The van der Waals surface area contributed by atoms with Gasteiger partial charge in [0.25, 0.3) is 11.8 Å². The molecule has 10 rings (SSSR count). The number of anilines is 4. The Morgan fingerprint density at radius 3 is 2.33 bits per heavy atom. The van der Waals surface area contributed by atoms with Crippen molar-refractivity contribution >= 4 is 52.7 Å². The first kappa shape index (κ1) is 39.5. The van der Waals surface area contributed by atoms with Gasteiger partial charge in [-0.2, -0.15) is 0 Å². The van der Waals surface area contributed by atoms with Crippen molar-refractivity contribution < 1.29 is 29.1 Å². The van der Waals surface area contributed by atoms with Gasteiger partial charge in [0.05, 0.1) is 23.4 Å². The summed E-state index contributed by atoms with van der Waals surface area (Å²) in [4.78, 5) is 84.6. The van der Waals surface area contributed by atoms with Gasteiger partial charge in [0.1, 0.15) is 23.8 Å². The molecule has 2 aromatic carbocycles. The smallest absolute Gasteiger partial charge is 0.320 e. The van der Waals surface area contributed by atoms with Crippen LogP contribution in [0.4, 0.5) is 27.8 Å². The standard InChI is InChI=1S/C44H53N11O6/c1-50-17-18-54(44(50)61)29-3-2-14-52(21-29)36-20-46-38(39(45)57)40(48-36)47-27-6-4-25(5-7-27)26-12-15-51(16-13-26)22-32-33-23-53(24-34(32)33)28-8-9-30-31(19-28)43(60)55(42(30)59)35-10-11-37(56)49-41(35)58/h4-9,19-20,26,29,32-35,39,57H,2-3,10-18,21-24,45H2,1H3,(H,47,48)(H,49,56,58)/t29-,32-,33-,34+,35?,39?/m1/s1. The monoisotopic (exact) mass is 831 g/mol. The summed E-state index contributed by atoms with van der Waals surface area (Å²) in [5, 5.41) is 16.0. The van der Waals surface area contributed by atoms with Crippen molar-refractivity contribution in [1.29, 1.82) is 0 Å². The number of aromatic nitrogens is 2. The molecule has 6 aliphatic heterocycles. The van der Waals surface area contributed by atoms with E-state index >= 15 is 0 Å². The van der Waals surface area contributed by atoms with E-state index in [4.69, 9.17) is 10.7 Å². The number of nitrogens with one attached hydrogen (secondary N) is 2. The Kier molecular flexibility index (Phi) is 10.1. The average Bonchev–Trinajstić information content (AvgIpc) is 3.50. The number of nitrogens with two attached hydrogens (primary N) is 1. The molecule has 2 unspecified atom stereocenters. The van der Waals surface area contributed by atoms with Crippen molar-refractivity contribution in [1.82, 2.24) is 34.9 Å². The van der Waals surface area contributed by atoms with Crippen LogP contribution < -0.4 is 26.2 Å². The summed E-state index contributed by atoms with van der Waals surface area (Å²) in [7, 11) is 1.84. The van der Waals surface area contributed by atoms with Crippen LogP contribution in [0, 0.1) is 17.8 Å². The quantitative estimate of drug-likeness (QED) is 0.172. The Balaban J connectivity index is 0.706. The molecule has 1 aromatic heterocycles. The van der Waals surface area contributed by atoms with Gasteiger partial charge in [0, 0.05) is 70.7 Å². The van der Waals surface area contributed by atoms with E-state index in [0.717, 1.165) is 94.3 Å². The maximum Gasteiger partial charge on any atom is 0.320 e. The van der Waals surface area contributed by atoms with E-state index in [1.807, 2.05) is 18.0 Å². The molecule has 17 heteroatoms. The van der Waals surface area contributed by atoms with E-state index in [2.05, 4.69) is 54.6 Å². The van der Waals surface area contributed by atoms with Gasteiger partial charge in [-0.3, -0.25) is 29.4 Å². The summed E-state index contributed by atoms with van der Waals surface area (Å²) in [5.41, 5.74) is 9.89. The number of amides is 6. The predicted octanol–water partition coefficient (Wildman–Crippen LogP) is 2.47. The molecule has 6 atom stereocenters. The highest BCUT2D eigenvalue weighted by molar-refractivity contribution is 6.23. The zero-order chi connectivity index (χ0) is 42.1. The molecule has 5 N–H and O–H groups in total. The number of piperidine rings is 4. The van der Waals surface area contributed by atoms with Gasteiger partial charge in [-0.1, -0.05) is 12.1 Å². The SMILES string of the molecule is CN1CCN([C@@H]2CCCN(c3cnc(C(N)O)c(Nc4ccc(C5CCN(C[C@@H]6[C@H]7CN(c8ccc9c(c8)C(=O)N(C8CCC(=O)NC8=O)C9=O)C[C@@H]67)CC5)cc4)n3)C2)C1=O. The lowest BCUT2D eigenvalue weighted by atomic mass is 9.89. The van der Waals surface area contributed by atoms with Gasteiger partial charge in [0.15, 0.2) is 5.82 Å². The number of likely N-dealkylation sites (N-methyl/N-ethyl adjacent to an activating group) is 1. The molecule has 0 radical (unpaired) electrons. The van der Waals surface area contributed by atoms with E-state index < -0.39 is 30.0 Å². The van der Waals surface area contributed by atoms with Gasteiger partial charge < -0.3 is 40.7 Å². The molecular formula is C44H53N11O6. The number of aliphatic hydroxyl groups is 1. The first-order chi connectivity index (χ1) is 29.5. The number of carbonyl (C=O) groups is 5. The van der Waals surface area contributed by atoms with Crippen LogP contribution >= 0.6 is 0 Å². The molecule has 6 amide bonds. The van der Waals surface area contributed by atoms with Crippen LogP contribution in [0.2, 0.25) is 0 Å². The molecule has 17 nitrogen and oxygen atoms in total. The Bertz CT molecular complexity index is 2250. The molecule has 7 heterocycles. The number of hydrogen-bond donors (Lipinski definition) is 4. The van der Waals surface area contributed by atoms with E-state index in [0.29, 0.717) is 53.0 Å². The van der Waals surface area contributed by atoms with Gasteiger partial charge in [-0.25, -0.2) is 14.8 Å². The highest BCUT2D eigenvalue weighted by Gasteiger charge is 2.56. The Morgan fingerprint density at radius 2 is 1.62 bits per heavy atom. The average molecular weight is 832 g/mol. The normalized spacial score (nSPS) is 27.5. The second-order valence-electron chi connectivity index (χ2n) is 17.9. The van der Waals surface area contributed by atoms with Crippen LogP contribution in [-0.4, -0.2) is 142 Å². The molecule has 1 aliphatic carbocycles.